The van der Waals surface area contributed by atoms with E-state index in [-0.39, 0.29) is 17.6 Å². The second-order valence-corrected chi connectivity index (χ2v) is 4.61. The van der Waals surface area contributed by atoms with E-state index >= 15 is 0 Å². The summed E-state index contributed by atoms with van der Waals surface area (Å²) in [6.07, 6.45) is 3.49. The molecule has 5 heteroatoms. The van der Waals surface area contributed by atoms with Gasteiger partial charge in [-0.05, 0) is 32.0 Å². The molecule has 1 N–H and O–H groups in total. The number of aromatic nitrogens is 1. The van der Waals surface area contributed by atoms with E-state index in [4.69, 9.17) is 4.74 Å². The Balaban J connectivity index is 2.10. The molecule has 1 spiro atoms. The molecule has 2 heterocycles. The second-order valence-electron chi connectivity index (χ2n) is 4.61. The zero-order valence-corrected chi connectivity index (χ0v) is 9.93. The molecule has 90 valence electrons. The summed E-state index contributed by atoms with van der Waals surface area (Å²) in [5, 5.41) is 3.07. The number of ether oxygens (including phenoxy) is 1. The van der Waals surface area contributed by atoms with Crippen LogP contribution in [0, 0.1) is 0 Å². The first-order valence-corrected chi connectivity index (χ1v) is 5.77. The van der Waals surface area contributed by atoms with Crippen LogP contribution in [0.2, 0.25) is 0 Å². The average Bonchev–Trinajstić information content (AvgIpc) is 3.10. The van der Waals surface area contributed by atoms with Gasteiger partial charge in [-0.3, -0.25) is 9.69 Å². The fraction of sp³-hybridized carbons (Fsp3) is 0.500. The fourth-order valence-corrected chi connectivity index (χ4v) is 2.42. The third-order valence-corrected chi connectivity index (χ3v) is 3.52. The number of carbonyl (C=O) groups is 1. The number of carbonyl (C=O) groups excluding carboxylic acids is 1. The standard InChI is InChI=1S/C12H15N3O2/c1-13-9-11(16)15(2)10-8(4-3-7-14-10)17-12(9)5-6-12/h3-4,7,9,13H,5-6H2,1-2H3. The number of pyridine rings is 1. The summed E-state index contributed by atoms with van der Waals surface area (Å²) in [5.41, 5.74) is -0.367. The van der Waals surface area contributed by atoms with E-state index in [0.717, 1.165) is 12.8 Å². The Morgan fingerprint density at radius 1 is 1.59 bits per heavy atom. The van der Waals surface area contributed by atoms with Crippen molar-refractivity contribution in [1.29, 1.82) is 0 Å². The van der Waals surface area contributed by atoms with Crippen LogP contribution in [0.15, 0.2) is 18.3 Å². The number of hydrogen-bond donors (Lipinski definition) is 1. The molecule has 3 rings (SSSR count). The fourth-order valence-electron chi connectivity index (χ4n) is 2.42. The number of hydrogen-bond acceptors (Lipinski definition) is 4. The van der Waals surface area contributed by atoms with Crippen LogP contribution in [0.3, 0.4) is 0 Å². The molecule has 0 aromatic carbocycles. The molecule has 17 heavy (non-hydrogen) atoms. The molecule has 1 aliphatic heterocycles. The smallest absolute Gasteiger partial charge is 0.249 e. The molecule has 1 atom stereocenters. The molecule has 0 radical (unpaired) electrons. The average molecular weight is 233 g/mol. The first-order valence-electron chi connectivity index (χ1n) is 5.77. The van der Waals surface area contributed by atoms with Crippen molar-refractivity contribution >= 4 is 11.7 Å². The highest BCUT2D eigenvalue weighted by Crippen LogP contribution is 2.47. The molecular formula is C12H15N3O2. The van der Waals surface area contributed by atoms with Crippen molar-refractivity contribution in [3.8, 4) is 5.75 Å². The van der Waals surface area contributed by atoms with E-state index in [2.05, 4.69) is 10.3 Å². The zero-order valence-electron chi connectivity index (χ0n) is 9.93. The van der Waals surface area contributed by atoms with Gasteiger partial charge in [-0.15, -0.1) is 0 Å². The third kappa shape index (κ3) is 1.42. The Morgan fingerprint density at radius 2 is 2.35 bits per heavy atom. The van der Waals surface area contributed by atoms with E-state index in [1.54, 1.807) is 25.2 Å². The molecular weight excluding hydrogens is 218 g/mol. The minimum atomic E-state index is -0.367. The summed E-state index contributed by atoms with van der Waals surface area (Å²) >= 11 is 0. The van der Waals surface area contributed by atoms with Gasteiger partial charge in [0.1, 0.15) is 11.6 Å². The largest absolute Gasteiger partial charge is 0.481 e. The van der Waals surface area contributed by atoms with Crippen molar-refractivity contribution in [3.63, 3.8) is 0 Å². The predicted octanol–water partition coefficient (Wildman–Crippen LogP) is 0.557. The van der Waals surface area contributed by atoms with Crippen LogP contribution < -0.4 is 15.0 Å². The predicted molar refractivity (Wildman–Crippen MR) is 63.1 cm³/mol. The zero-order chi connectivity index (χ0) is 12.0. The SMILES string of the molecule is CNC1C(=O)N(C)c2ncccc2OC12CC2. The van der Waals surface area contributed by atoms with Crippen LogP contribution in [0.25, 0.3) is 0 Å². The summed E-state index contributed by atoms with van der Waals surface area (Å²) < 4.78 is 6.01. The summed E-state index contributed by atoms with van der Waals surface area (Å²) in [7, 11) is 3.53. The van der Waals surface area contributed by atoms with E-state index in [9.17, 15) is 4.79 Å². The molecule has 5 nitrogen and oxygen atoms in total. The van der Waals surface area contributed by atoms with Crippen molar-refractivity contribution in [1.82, 2.24) is 10.3 Å². The number of fused-ring (bicyclic) bond motifs is 1. The number of amides is 1. The maximum atomic E-state index is 12.3. The molecule has 1 amide bonds. The second kappa shape index (κ2) is 3.43. The van der Waals surface area contributed by atoms with Crippen LogP contribution in [-0.4, -0.2) is 36.6 Å². The first kappa shape index (κ1) is 10.5. The van der Waals surface area contributed by atoms with Gasteiger partial charge in [0, 0.05) is 13.2 Å². The van der Waals surface area contributed by atoms with Crippen molar-refractivity contribution in [3.05, 3.63) is 18.3 Å². The van der Waals surface area contributed by atoms with E-state index in [1.165, 1.54) is 0 Å². The van der Waals surface area contributed by atoms with Crippen LogP contribution in [0.5, 0.6) is 5.75 Å². The number of nitrogens with one attached hydrogen (secondary N) is 1. The van der Waals surface area contributed by atoms with Crippen molar-refractivity contribution in [2.75, 3.05) is 19.0 Å². The molecule has 2 aliphatic rings. The molecule has 1 fully saturated rings. The van der Waals surface area contributed by atoms with Crippen LogP contribution >= 0.6 is 0 Å². The topological polar surface area (TPSA) is 54.5 Å². The van der Waals surface area contributed by atoms with Gasteiger partial charge in [0.2, 0.25) is 5.91 Å². The molecule has 1 aromatic heterocycles. The Labute approximate surface area is 99.8 Å². The maximum Gasteiger partial charge on any atom is 0.249 e. The van der Waals surface area contributed by atoms with Gasteiger partial charge in [-0.25, -0.2) is 4.98 Å². The lowest BCUT2D eigenvalue weighted by atomic mass is 10.1. The van der Waals surface area contributed by atoms with Gasteiger partial charge >= 0.3 is 0 Å². The van der Waals surface area contributed by atoms with Crippen LogP contribution in [0.1, 0.15) is 12.8 Å². The lowest BCUT2D eigenvalue weighted by Crippen LogP contribution is -2.52. The van der Waals surface area contributed by atoms with E-state index < -0.39 is 0 Å². The number of nitrogens with zero attached hydrogens (tertiary/aromatic N) is 2. The van der Waals surface area contributed by atoms with Gasteiger partial charge < -0.3 is 10.1 Å². The minimum absolute atomic E-state index is 0.0162. The van der Waals surface area contributed by atoms with Crippen molar-refractivity contribution in [2.24, 2.45) is 0 Å². The van der Waals surface area contributed by atoms with Gasteiger partial charge in [0.25, 0.3) is 0 Å². The molecule has 0 saturated heterocycles. The van der Waals surface area contributed by atoms with Crippen molar-refractivity contribution in [2.45, 2.75) is 24.5 Å². The van der Waals surface area contributed by atoms with Crippen LogP contribution in [-0.2, 0) is 4.79 Å². The number of rotatable bonds is 1. The normalized spacial score (nSPS) is 25.2. The quantitative estimate of drug-likeness (QED) is 0.770. The van der Waals surface area contributed by atoms with E-state index in [1.807, 2.05) is 12.1 Å². The Morgan fingerprint density at radius 3 is 3.00 bits per heavy atom. The molecule has 1 unspecified atom stereocenters. The summed E-state index contributed by atoms with van der Waals surface area (Å²) in [5.74, 6) is 1.31. The lowest BCUT2D eigenvalue weighted by molar-refractivity contribution is -0.122. The van der Waals surface area contributed by atoms with Crippen LogP contribution in [0.4, 0.5) is 5.82 Å². The Hall–Kier alpha value is -1.62. The highest BCUT2D eigenvalue weighted by molar-refractivity contribution is 5.99. The Kier molecular flexibility index (Phi) is 2.13. The number of anilines is 1. The molecule has 1 saturated carbocycles. The maximum absolute atomic E-state index is 12.3. The highest BCUT2D eigenvalue weighted by Gasteiger charge is 2.57. The minimum Gasteiger partial charge on any atom is -0.481 e. The van der Waals surface area contributed by atoms with Crippen molar-refractivity contribution < 1.29 is 9.53 Å². The summed E-state index contributed by atoms with van der Waals surface area (Å²) in [4.78, 5) is 18.1. The van der Waals surface area contributed by atoms with Gasteiger partial charge in [-0.1, -0.05) is 0 Å². The lowest BCUT2D eigenvalue weighted by Gasteiger charge is -2.24. The molecule has 0 bridgehead atoms. The first-order chi connectivity index (χ1) is 8.18. The molecule has 1 aliphatic carbocycles. The highest BCUT2D eigenvalue weighted by atomic mass is 16.5. The Bertz CT molecular complexity index is 471. The summed E-state index contributed by atoms with van der Waals surface area (Å²) in [6.45, 7) is 0. The summed E-state index contributed by atoms with van der Waals surface area (Å²) in [6, 6.07) is 3.40. The molecule has 1 aromatic rings. The van der Waals surface area contributed by atoms with Gasteiger partial charge in [0.15, 0.2) is 11.6 Å². The third-order valence-electron chi connectivity index (χ3n) is 3.52. The number of likely N-dealkylation sites (N-methyl/N-ethyl adjacent to an activating group) is 2. The van der Waals surface area contributed by atoms with Gasteiger partial charge in [0.05, 0.1) is 0 Å². The van der Waals surface area contributed by atoms with Gasteiger partial charge in [-0.2, -0.15) is 0 Å². The van der Waals surface area contributed by atoms with E-state index in [0.29, 0.717) is 11.6 Å². The monoisotopic (exact) mass is 233 g/mol.